The topological polar surface area (TPSA) is 29.1 Å². The highest BCUT2D eigenvalue weighted by Gasteiger charge is 2.25. The minimum atomic E-state index is 0.0671. The fourth-order valence-corrected chi connectivity index (χ4v) is 1.64. The molecule has 1 aliphatic rings. The predicted octanol–water partition coefficient (Wildman–Crippen LogP) is 1.88. The van der Waals surface area contributed by atoms with Crippen molar-refractivity contribution in [3.63, 3.8) is 0 Å². The summed E-state index contributed by atoms with van der Waals surface area (Å²) in [5, 5.41) is 2.93. The Morgan fingerprint density at radius 1 is 1.42 bits per heavy atom. The molecule has 2 heteroatoms. The van der Waals surface area contributed by atoms with E-state index in [4.69, 9.17) is 0 Å². The first-order valence-corrected chi connectivity index (χ1v) is 4.22. The molecule has 0 fully saturated rings. The zero-order valence-corrected chi connectivity index (χ0v) is 7.00. The van der Waals surface area contributed by atoms with Crippen LogP contribution in [0.25, 0.3) is 0 Å². The Bertz CT molecular complexity index is 319. The highest BCUT2D eigenvalue weighted by Crippen LogP contribution is 2.26. The van der Waals surface area contributed by atoms with Crippen molar-refractivity contribution < 1.29 is 4.79 Å². The van der Waals surface area contributed by atoms with Crippen molar-refractivity contribution in [2.45, 2.75) is 19.4 Å². The number of benzene rings is 1. The predicted molar refractivity (Wildman–Crippen MR) is 46.9 cm³/mol. The Morgan fingerprint density at radius 3 is 2.92 bits per heavy atom. The highest BCUT2D eigenvalue weighted by molar-refractivity contribution is 5.99. The summed E-state index contributed by atoms with van der Waals surface area (Å²) in [4.78, 5) is 11.3. The number of carbonyl (C=O) groups excluding carboxylic acids is 1. The maximum absolute atomic E-state index is 11.3. The second kappa shape index (κ2) is 2.63. The molecule has 2 rings (SSSR count). The normalized spacial score (nSPS) is 20.4. The minimum Gasteiger partial charge on any atom is -0.345 e. The molecule has 12 heavy (non-hydrogen) atoms. The van der Waals surface area contributed by atoms with Gasteiger partial charge in [-0.2, -0.15) is 0 Å². The average Bonchev–Trinajstić information content (AvgIpc) is 2.44. The second-order valence-electron chi connectivity index (χ2n) is 3.02. The highest BCUT2D eigenvalue weighted by atomic mass is 16.2. The number of carbonyl (C=O) groups is 1. The lowest BCUT2D eigenvalue weighted by atomic mass is 10.0. The van der Waals surface area contributed by atoms with Gasteiger partial charge in [0.1, 0.15) is 0 Å². The van der Waals surface area contributed by atoms with Crippen molar-refractivity contribution >= 4 is 5.91 Å². The van der Waals surface area contributed by atoms with E-state index in [0.29, 0.717) is 0 Å². The molecule has 1 amide bonds. The number of hydrogen-bond acceptors (Lipinski definition) is 1. The molecule has 1 atom stereocenters. The fraction of sp³-hybridized carbons (Fsp3) is 0.300. The van der Waals surface area contributed by atoms with Crippen molar-refractivity contribution in [2.75, 3.05) is 0 Å². The van der Waals surface area contributed by atoms with Gasteiger partial charge < -0.3 is 5.32 Å². The van der Waals surface area contributed by atoms with Crippen LogP contribution in [-0.2, 0) is 0 Å². The molecular formula is C10H11NO. The lowest BCUT2D eigenvalue weighted by Crippen LogP contribution is -2.17. The van der Waals surface area contributed by atoms with E-state index in [1.54, 1.807) is 0 Å². The number of fused-ring (bicyclic) bond motifs is 1. The lowest BCUT2D eigenvalue weighted by Gasteiger charge is -2.06. The second-order valence-corrected chi connectivity index (χ2v) is 3.02. The lowest BCUT2D eigenvalue weighted by molar-refractivity contribution is 0.0955. The summed E-state index contributed by atoms with van der Waals surface area (Å²) >= 11 is 0. The van der Waals surface area contributed by atoms with Crippen LogP contribution in [0.3, 0.4) is 0 Å². The summed E-state index contributed by atoms with van der Waals surface area (Å²) in [7, 11) is 0. The molecule has 62 valence electrons. The van der Waals surface area contributed by atoms with Gasteiger partial charge in [0.2, 0.25) is 0 Å². The van der Waals surface area contributed by atoms with Gasteiger partial charge in [0.15, 0.2) is 0 Å². The van der Waals surface area contributed by atoms with Gasteiger partial charge in [-0.15, -0.1) is 0 Å². The van der Waals surface area contributed by atoms with E-state index in [-0.39, 0.29) is 11.9 Å². The van der Waals surface area contributed by atoms with Gasteiger partial charge in [0.25, 0.3) is 5.91 Å². The Hall–Kier alpha value is -1.31. The standard InChI is InChI=1S/C10H11NO/c1-2-9-7-5-3-4-6-8(7)10(12)11-9/h3-6,9H,2H2,1H3,(H,11,12). The van der Waals surface area contributed by atoms with Crippen molar-refractivity contribution in [3.8, 4) is 0 Å². The average molecular weight is 161 g/mol. The van der Waals surface area contributed by atoms with Crippen LogP contribution in [0.2, 0.25) is 0 Å². The molecule has 0 saturated heterocycles. The maximum atomic E-state index is 11.3. The van der Waals surface area contributed by atoms with E-state index in [1.165, 1.54) is 0 Å². The van der Waals surface area contributed by atoms with E-state index in [2.05, 4.69) is 12.2 Å². The van der Waals surface area contributed by atoms with Gasteiger partial charge in [0, 0.05) is 5.56 Å². The first-order valence-electron chi connectivity index (χ1n) is 4.22. The molecular weight excluding hydrogens is 150 g/mol. The number of nitrogens with one attached hydrogen (secondary N) is 1. The Balaban J connectivity index is 2.50. The summed E-state index contributed by atoms with van der Waals surface area (Å²) in [6.45, 7) is 2.08. The van der Waals surface area contributed by atoms with Gasteiger partial charge in [-0.05, 0) is 18.1 Å². The third kappa shape index (κ3) is 0.916. The van der Waals surface area contributed by atoms with E-state index in [0.717, 1.165) is 17.5 Å². The maximum Gasteiger partial charge on any atom is 0.252 e. The molecule has 1 N–H and O–H groups in total. The van der Waals surface area contributed by atoms with Crippen LogP contribution < -0.4 is 5.32 Å². The summed E-state index contributed by atoms with van der Waals surface area (Å²) in [5.41, 5.74) is 1.98. The summed E-state index contributed by atoms with van der Waals surface area (Å²) in [6, 6.07) is 7.99. The molecule has 0 saturated carbocycles. The molecule has 1 heterocycles. The van der Waals surface area contributed by atoms with Crippen LogP contribution in [0.15, 0.2) is 24.3 Å². The first kappa shape index (κ1) is 7.35. The molecule has 0 spiro atoms. The van der Waals surface area contributed by atoms with E-state index in [9.17, 15) is 4.79 Å². The van der Waals surface area contributed by atoms with Gasteiger partial charge >= 0.3 is 0 Å². The summed E-state index contributed by atoms with van der Waals surface area (Å²) in [6.07, 6.45) is 0.961. The van der Waals surface area contributed by atoms with Crippen LogP contribution >= 0.6 is 0 Å². The number of hydrogen-bond donors (Lipinski definition) is 1. The molecule has 0 aliphatic carbocycles. The Morgan fingerprint density at radius 2 is 2.17 bits per heavy atom. The smallest absolute Gasteiger partial charge is 0.252 e. The monoisotopic (exact) mass is 161 g/mol. The molecule has 1 aromatic rings. The zero-order chi connectivity index (χ0) is 8.55. The van der Waals surface area contributed by atoms with E-state index < -0.39 is 0 Å². The third-order valence-electron chi connectivity index (χ3n) is 2.29. The quantitative estimate of drug-likeness (QED) is 0.669. The molecule has 0 radical (unpaired) electrons. The molecule has 2 nitrogen and oxygen atoms in total. The Labute approximate surface area is 71.6 Å². The van der Waals surface area contributed by atoms with Gasteiger partial charge in [0.05, 0.1) is 6.04 Å². The van der Waals surface area contributed by atoms with Crippen molar-refractivity contribution in [1.82, 2.24) is 5.32 Å². The van der Waals surface area contributed by atoms with Crippen LogP contribution in [-0.4, -0.2) is 5.91 Å². The van der Waals surface area contributed by atoms with Crippen molar-refractivity contribution in [1.29, 1.82) is 0 Å². The Kier molecular flexibility index (Phi) is 1.61. The van der Waals surface area contributed by atoms with Gasteiger partial charge in [-0.1, -0.05) is 25.1 Å². The van der Waals surface area contributed by atoms with Gasteiger partial charge in [-0.3, -0.25) is 4.79 Å². The first-order chi connectivity index (χ1) is 5.83. The number of rotatable bonds is 1. The van der Waals surface area contributed by atoms with Gasteiger partial charge in [-0.25, -0.2) is 0 Å². The van der Waals surface area contributed by atoms with Crippen LogP contribution in [0.4, 0.5) is 0 Å². The third-order valence-corrected chi connectivity index (χ3v) is 2.29. The summed E-state index contributed by atoms with van der Waals surface area (Å²) in [5.74, 6) is 0.0671. The molecule has 1 aliphatic heterocycles. The minimum absolute atomic E-state index is 0.0671. The summed E-state index contributed by atoms with van der Waals surface area (Å²) < 4.78 is 0. The number of amides is 1. The van der Waals surface area contributed by atoms with Crippen molar-refractivity contribution in [2.24, 2.45) is 0 Å². The zero-order valence-electron chi connectivity index (χ0n) is 7.00. The molecule has 0 bridgehead atoms. The fourth-order valence-electron chi connectivity index (χ4n) is 1.64. The van der Waals surface area contributed by atoms with Crippen LogP contribution in [0.5, 0.6) is 0 Å². The molecule has 1 aromatic carbocycles. The van der Waals surface area contributed by atoms with E-state index in [1.807, 2.05) is 24.3 Å². The molecule has 0 aromatic heterocycles. The van der Waals surface area contributed by atoms with Crippen molar-refractivity contribution in [3.05, 3.63) is 35.4 Å². The molecule has 1 unspecified atom stereocenters. The largest absolute Gasteiger partial charge is 0.345 e. The van der Waals surface area contributed by atoms with E-state index >= 15 is 0 Å². The van der Waals surface area contributed by atoms with Crippen LogP contribution in [0, 0.1) is 0 Å². The SMILES string of the molecule is CCC1NC(=O)c2ccccc21. The van der Waals surface area contributed by atoms with Crippen LogP contribution in [0.1, 0.15) is 35.3 Å².